The monoisotopic (exact) mass is 1050 g/mol. The normalized spacial score (nSPS) is 22.8. The van der Waals surface area contributed by atoms with Gasteiger partial charge < -0.3 is 50.1 Å². The molecule has 77 heavy (non-hydrogen) atoms. The summed E-state index contributed by atoms with van der Waals surface area (Å²) in [5, 5.41) is 15.1. The molecular formula is C58H59N7O12. The number of nitrogens with two attached hydrogens (primary N) is 1. The van der Waals surface area contributed by atoms with Crippen LogP contribution in [0.4, 0.5) is 15.3 Å². The summed E-state index contributed by atoms with van der Waals surface area (Å²) in [5.41, 5.74) is 6.61. The number of methoxy groups -OCH3 is 1. The van der Waals surface area contributed by atoms with Crippen molar-refractivity contribution in [3.05, 3.63) is 155 Å². The number of anilines is 1. The second-order valence-electron chi connectivity index (χ2n) is 19.8. The van der Waals surface area contributed by atoms with E-state index in [4.69, 9.17) is 29.4 Å². The number of primary amides is 1. The van der Waals surface area contributed by atoms with E-state index in [2.05, 4.69) is 27.4 Å². The number of aliphatic hydroxyl groups is 1. The van der Waals surface area contributed by atoms with E-state index < -0.39 is 83.3 Å². The van der Waals surface area contributed by atoms with Crippen LogP contribution in [0, 0.1) is 23.7 Å². The third-order valence-corrected chi connectivity index (χ3v) is 15.0. The summed E-state index contributed by atoms with van der Waals surface area (Å²) in [6, 6.07) is 29.6. The molecule has 0 aromatic heterocycles. The Bertz CT molecular complexity index is 3140. The summed E-state index contributed by atoms with van der Waals surface area (Å²) in [5.74, 6) is 2.63. The minimum absolute atomic E-state index is 0.0675. The molecule has 5 aromatic carbocycles. The number of amides is 6. The van der Waals surface area contributed by atoms with Crippen molar-refractivity contribution in [2.24, 2.45) is 17.6 Å². The number of nitrogens with one attached hydrogen (secondary N) is 2. The average molecular weight is 1050 g/mol. The number of hydrogen-bond donors (Lipinski definition) is 4. The molecule has 3 saturated heterocycles. The summed E-state index contributed by atoms with van der Waals surface area (Å²) in [6.07, 6.45) is -0.985. The highest BCUT2D eigenvalue weighted by Crippen LogP contribution is 2.66. The minimum atomic E-state index is -2.16. The van der Waals surface area contributed by atoms with Crippen LogP contribution in [0.5, 0.6) is 17.2 Å². The Kier molecular flexibility index (Phi) is 14.9. The SMILES string of the molecule is COC(=O)[C@@H](NC(=O)N1C(=O)[C@@]2(c3cc(C#CCNC(N)=O)ccc31)[C@H](c1cccc(OCCO)c1)N1[C@H](c3ccccc3)[C@H](c3ccccc3)OC(=O)[C@H]1[C@@H]2C(=O)N1CCN(Cc2ccc3c(c2)OCO3)CC1)C(C)C. The number of aliphatic hydroxyl groups excluding tert-OH is 1. The maximum Gasteiger partial charge on any atom is 0.329 e. The van der Waals surface area contributed by atoms with Gasteiger partial charge in [-0.3, -0.25) is 24.2 Å². The van der Waals surface area contributed by atoms with Crippen molar-refractivity contribution in [2.75, 3.05) is 64.7 Å². The van der Waals surface area contributed by atoms with Crippen LogP contribution >= 0.6 is 0 Å². The quantitative estimate of drug-likeness (QED) is 0.0924. The fourth-order valence-corrected chi connectivity index (χ4v) is 11.6. The molecule has 5 N–H and O–H groups in total. The van der Waals surface area contributed by atoms with Gasteiger partial charge in [-0.15, -0.1) is 0 Å². The zero-order chi connectivity index (χ0) is 54.0. The number of carbonyl (C=O) groups is 6. The van der Waals surface area contributed by atoms with Gasteiger partial charge in [0.25, 0.3) is 0 Å². The molecule has 5 aromatic rings. The van der Waals surface area contributed by atoms with E-state index in [1.807, 2.05) is 83.8 Å². The second-order valence-corrected chi connectivity index (χ2v) is 19.8. The Labute approximate surface area is 445 Å². The number of carbonyl (C=O) groups excluding carboxylic acids is 6. The Morgan fingerprint density at radius 2 is 1.55 bits per heavy atom. The fourth-order valence-electron chi connectivity index (χ4n) is 11.6. The molecule has 5 aliphatic rings. The van der Waals surface area contributed by atoms with E-state index in [0.29, 0.717) is 59.1 Å². The summed E-state index contributed by atoms with van der Waals surface area (Å²) < 4.78 is 29.0. The first kappa shape index (κ1) is 52.0. The van der Waals surface area contributed by atoms with Gasteiger partial charge in [0.15, 0.2) is 11.5 Å². The standard InChI is InChI=1S/C58H59N7O12/c1-35(2)47(53(68)73-3)61-57(72)64-43-21-19-36(12-11-23-60-56(59)71)30-42(43)58(55(64)70)46(52(67)63-26-24-62(25-27-63)33-37-20-22-44-45(31-37)76-34-75-44)49-54(69)77-50(39-15-8-5-9-16-39)48(38-13-6-4-7-14-38)65(49)51(58)40-17-10-18-41(32-40)74-29-28-66/h4-10,13-22,30-32,35,46-51,66H,23-29,33-34H2,1-3H3,(H,61,72)(H3,59,60,71)/t46-,47+,48-,49-,50+,51+,58-/m1/s1. The minimum Gasteiger partial charge on any atom is -0.491 e. The van der Waals surface area contributed by atoms with Crippen molar-refractivity contribution < 1.29 is 57.6 Å². The van der Waals surface area contributed by atoms with Gasteiger partial charge in [-0.05, 0) is 76.2 Å². The summed E-state index contributed by atoms with van der Waals surface area (Å²) >= 11 is 0. The van der Waals surface area contributed by atoms with Crippen molar-refractivity contribution >= 4 is 41.5 Å². The predicted octanol–water partition coefficient (Wildman–Crippen LogP) is 4.72. The summed E-state index contributed by atoms with van der Waals surface area (Å²) in [7, 11) is 1.20. The van der Waals surface area contributed by atoms with E-state index in [-0.39, 0.29) is 50.9 Å². The first-order valence-corrected chi connectivity index (χ1v) is 25.5. The van der Waals surface area contributed by atoms with Crippen molar-refractivity contribution in [1.82, 2.24) is 25.3 Å². The molecule has 10 rings (SSSR count). The molecule has 398 valence electrons. The lowest BCUT2D eigenvalue weighted by atomic mass is 9.64. The molecule has 0 bridgehead atoms. The Morgan fingerprint density at radius 1 is 0.831 bits per heavy atom. The number of rotatable bonds is 13. The largest absolute Gasteiger partial charge is 0.491 e. The van der Waals surface area contributed by atoms with Gasteiger partial charge in [0.1, 0.15) is 36.0 Å². The van der Waals surface area contributed by atoms with Gasteiger partial charge in [-0.1, -0.05) is 105 Å². The molecule has 3 fully saturated rings. The van der Waals surface area contributed by atoms with Crippen molar-refractivity contribution in [3.8, 4) is 29.1 Å². The van der Waals surface area contributed by atoms with E-state index in [0.717, 1.165) is 10.5 Å². The molecular weight excluding hydrogens is 987 g/mol. The number of benzene rings is 5. The average Bonchev–Trinajstić information content (AvgIpc) is 4.28. The number of ether oxygens (including phenoxy) is 5. The molecule has 6 amide bonds. The van der Waals surface area contributed by atoms with Crippen LogP contribution in [0.2, 0.25) is 0 Å². The zero-order valence-corrected chi connectivity index (χ0v) is 42.8. The Hall–Kier alpha value is -8.44. The summed E-state index contributed by atoms with van der Waals surface area (Å²) in [6.45, 7) is 4.91. The molecule has 0 saturated carbocycles. The van der Waals surface area contributed by atoms with Gasteiger partial charge in [-0.25, -0.2) is 19.3 Å². The van der Waals surface area contributed by atoms with Crippen molar-refractivity contribution in [2.45, 2.75) is 56.1 Å². The molecule has 19 heteroatoms. The number of esters is 2. The third kappa shape index (κ3) is 9.75. The highest BCUT2D eigenvalue weighted by molar-refractivity contribution is 6.25. The predicted molar refractivity (Wildman–Crippen MR) is 279 cm³/mol. The lowest BCUT2D eigenvalue weighted by molar-refractivity contribution is -0.179. The van der Waals surface area contributed by atoms with Crippen LogP contribution in [0.3, 0.4) is 0 Å². The van der Waals surface area contributed by atoms with Crippen LogP contribution in [-0.2, 0) is 40.6 Å². The molecule has 19 nitrogen and oxygen atoms in total. The highest BCUT2D eigenvalue weighted by Gasteiger charge is 2.76. The van der Waals surface area contributed by atoms with Gasteiger partial charge in [0.2, 0.25) is 18.6 Å². The van der Waals surface area contributed by atoms with E-state index >= 15 is 19.2 Å². The first-order chi connectivity index (χ1) is 37.3. The van der Waals surface area contributed by atoms with E-state index in [9.17, 15) is 14.7 Å². The molecule has 7 atom stereocenters. The smallest absolute Gasteiger partial charge is 0.329 e. The lowest BCUT2D eigenvalue weighted by Gasteiger charge is -2.46. The van der Waals surface area contributed by atoms with Gasteiger partial charge in [0, 0.05) is 38.3 Å². The molecule has 5 aliphatic heterocycles. The highest BCUT2D eigenvalue weighted by atomic mass is 16.7. The van der Waals surface area contributed by atoms with Crippen LogP contribution < -0.4 is 35.5 Å². The number of morpholine rings is 1. The number of piperazine rings is 1. The van der Waals surface area contributed by atoms with E-state index in [1.165, 1.54) is 7.11 Å². The molecule has 0 unspecified atom stereocenters. The summed E-state index contributed by atoms with van der Waals surface area (Å²) in [4.78, 5) is 96.1. The molecule has 5 heterocycles. The number of hydrogen-bond acceptors (Lipinski definition) is 14. The Balaban J connectivity index is 1.20. The Morgan fingerprint density at radius 3 is 2.25 bits per heavy atom. The first-order valence-electron chi connectivity index (χ1n) is 25.5. The third-order valence-electron chi connectivity index (χ3n) is 15.0. The fraction of sp³-hybridized carbons (Fsp3) is 0.345. The van der Waals surface area contributed by atoms with Crippen molar-refractivity contribution in [1.29, 1.82) is 0 Å². The molecule has 0 radical (unpaired) electrons. The van der Waals surface area contributed by atoms with Gasteiger partial charge >= 0.3 is 24.0 Å². The van der Waals surface area contributed by atoms with Gasteiger partial charge in [-0.2, -0.15) is 0 Å². The maximum absolute atomic E-state index is 16.9. The number of fused-ring (bicyclic) bond motifs is 4. The van der Waals surface area contributed by atoms with Crippen LogP contribution in [0.1, 0.15) is 65.4 Å². The molecule has 1 spiro atoms. The number of nitrogens with zero attached hydrogens (tertiary/aromatic N) is 4. The van der Waals surface area contributed by atoms with Crippen molar-refractivity contribution in [3.63, 3.8) is 0 Å². The number of imide groups is 1. The van der Waals surface area contributed by atoms with Crippen LogP contribution in [0.15, 0.2) is 121 Å². The zero-order valence-electron chi connectivity index (χ0n) is 42.8. The second kappa shape index (κ2) is 22.0. The van der Waals surface area contributed by atoms with Crippen LogP contribution in [-0.4, -0.2) is 128 Å². The number of urea groups is 2. The van der Waals surface area contributed by atoms with E-state index in [1.54, 1.807) is 61.2 Å². The lowest BCUT2D eigenvalue weighted by Crippen LogP contribution is -2.59. The van der Waals surface area contributed by atoms with Crippen LogP contribution in [0.25, 0.3) is 0 Å². The maximum atomic E-state index is 16.9. The topological polar surface area (TPSA) is 232 Å². The van der Waals surface area contributed by atoms with Gasteiger partial charge in [0.05, 0.1) is 44.0 Å². The molecule has 0 aliphatic carbocycles. The number of cyclic esters (lactones) is 1.